The summed E-state index contributed by atoms with van der Waals surface area (Å²) in [6.45, 7) is 0.546. The van der Waals surface area contributed by atoms with Crippen molar-refractivity contribution in [2.75, 3.05) is 5.32 Å². The highest BCUT2D eigenvalue weighted by atomic mass is 35.5. The molecule has 4 rings (SSSR count). The summed E-state index contributed by atoms with van der Waals surface area (Å²) in [7, 11) is 0. The van der Waals surface area contributed by atoms with Crippen LogP contribution in [0.5, 0.6) is 11.5 Å². The zero-order valence-corrected chi connectivity index (χ0v) is 19.4. The third kappa shape index (κ3) is 6.40. The topological polar surface area (TPSA) is 84.9 Å². The Hall–Kier alpha value is -4.29. The zero-order valence-electron chi connectivity index (χ0n) is 18.6. The number of ether oxygens (including phenoxy) is 2. The number of amides is 1. The van der Waals surface area contributed by atoms with Crippen LogP contribution in [-0.4, -0.2) is 17.0 Å². The van der Waals surface area contributed by atoms with Crippen LogP contribution in [0.2, 0.25) is 5.02 Å². The Morgan fingerprint density at radius 2 is 1.31 bits per heavy atom. The first-order valence-electron chi connectivity index (χ1n) is 10.8. The van der Waals surface area contributed by atoms with E-state index in [4.69, 9.17) is 26.2 Å². The number of halogens is 1. The molecule has 35 heavy (non-hydrogen) atoms. The second-order valence-electron chi connectivity index (χ2n) is 7.67. The molecule has 0 radical (unpaired) electrons. The summed E-state index contributed by atoms with van der Waals surface area (Å²) < 4.78 is 12.0. The fourth-order valence-electron chi connectivity index (χ4n) is 3.31. The lowest BCUT2D eigenvalue weighted by Crippen LogP contribution is -2.13. The molecule has 7 heteroatoms. The summed E-state index contributed by atoms with van der Waals surface area (Å²) in [5.41, 5.74) is 2.76. The number of carboxylic acid groups (broad SMARTS) is 1. The minimum absolute atomic E-state index is 0.127. The van der Waals surface area contributed by atoms with Crippen molar-refractivity contribution < 1.29 is 24.2 Å². The number of hydrogen-bond acceptors (Lipinski definition) is 4. The number of carbonyl (C=O) groups is 2. The van der Waals surface area contributed by atoms with Gasteiger partial charge in [0.1, 0.15) is 13.2 Å². The maximum atomic E-state index is 12.9. The molecule has 0 bridgehead atoms. The van der Waals surface area contributed by atoms with Crippen molar-refractivity contribution >= 4 is 29.2 Å². The van der Waals surface area contributed by atoms with E-state index in [0.29, 0.717) is 17.2 Å². The maximum absolute atomic E-state index is 12.9. The average molecular weight is 488 g/mol. The molecule has 176 valence electrons. The molecule has 0 heterocycles. The van der Waals surface area contributed by atoms with Crippen molar-refractivity contribution in [1.29, 1.82) is 0 Å². The third-order valence-electron chi connectivity index (χ3n) is 5.12. The van der Waals surface area contributed by atoms with Crippen LogP contribution in [0.1, 0.15) is 31.8 Å². The van der Waals surface area contributed by atoms with Gasteiger partial charge in [0.05, 0.1) is 10.6 Å². The largest absolute Gasteiger partial charge is 0.485 e. The second-order valence-corrected chi connectivity index (χ2v) is 8.08. The van der Waals surface area contributed by atoms with E-state index < -0.39 is 11.9 Å². The fourth-order valence-corrected chi connectivity index (χ4v) is 3.58. The van der Waals surface area contributed by atoms with E-state index in [-0.39, 0.29) is 29.4 Å². The highest BCUT2D eigenvalue weighted by Gasteiger charge is 2.17. The molecular weight excluding hydrogens is 466 g/mol. The van der Waals surface area contributed by atoms with Gasteiger partial charge in [-0.2, -0.15) is 0 Å². The Kier molecular flexibility index (Phi) is 7.65. The second kappa shape index (κ2) is 11.2. The number of rotatable bonds is 9. The average Bonchev–Trinajstić information content (AvgIpc) is 2.88. The van der Waals surface area contributed by atoms with Crippen LogP contribution in [0.25, 0.3) is 0 Å². The molecule has 1 amide bonds. The van der Waals surface area contributed by atoms with E-state index in [1.165, 1.54) is 30.3 Å². The summed E-state index contributed by atoms with van der Waals surface area (Å²) in [5, 5.41) is 12.0. The van der Waals surface area contributed by atoms with Crippen LogP contribution in [0, 0.1) is 0 Å². The third-order valence-corrected chi connectivity index (χ3v) is 5.41. The lowest BCUT2D eigenvalue weighted by Gasteiger charge is -2.16. The van der Waals surface area contributed by atoms with Crippen LogP contribution >= 0.6 is 11.6 Å². The molecule has 0 aliphatic carbocycles. The highest BCUT2D eigenvalue weighted by Crippen LogP contribution is 2.38. The van der Waals surface area contributed by atoms with Gasteiger partial charge in [-0.1, -0.05) is 72.3 Å². The first-order valence-corrected chi connectivity index (χ1v) is 11.2. The first kappa shape index (κ1) is 23.9. The molecule has 0 aromatic heterocycles. The Bertz CT molecular complexity index is 1310. The Morgan fingerprint density at radius 1 is 0.743 bits per heavy atom. The van der Waals surface area contributed by atoms with Crippen molar-refractivity contribution in [2.45, 2.75) is 13.2 Å². The highest BCUT2D eigenvalue weighted by molar-refractivity contribution is 6.32. The minimum Gasteiger partial charge on any atom is -0.485 e. The Balaban J connectivity index is 1.57. The molecule has 0 unspecified atom stereocenters. The van der Waals surface area contributed by atoms with Gasteiger partial charge >= 0.3 is 5.97 Å². The number of carbonyl (C=O) groups excluding carboxylic acids is 1. The molecular formula is C28H22ClNO5. The van der Waals surface area contributed by atoms with Crippen molar-refractivity contribution in [3.05, 3.63) is 124 Å². The molecule has 4 aromatic carbocycles. The quantitative estimate of drug-likeness (QED) is 0.283. The number of carboxylic acids is 1. The Morgan fingerprint density at radius 3 is 1.89 bits per heavy atom. The number of hydrogen-bond donors (Lipinski definition) is 2. The molecule has 2 N–H and O–H groups in total. The van der Waals surface area contributed by atoms with Gasteiger partial charge in [0.25, 0.3) is 5.91 Å². The molecule has 0 fully saturated rings. The number of aromatic carboxylic acids is 1. The lowest BCUT2D eigenvalue weighted by atomic mass is 10.1. The van der Waals surface area contributed by atoms with E-state index in [1.54, 1.807) is 6.07 Å². The molecule has 6 nitrogen and oxygen atoms in total. The fraction of sp³-hybridized carbons (Fsp3) is 0.0714. The van der Waals surface area contributed by atoms with Gasteiger partial charge in [0.2, 0.25) is 0 Å². The Labute approximate surface area is 207 Å². The molecule has 0 saturated carbocycles. The van der Waals surface area contributed by atoms with Crippen LogP contribution in [-0.2, 0) is 13.2 Å². The van der Waals surface area contributed by atoms with Gasteiger partial charge in [0.15, 0.2) is 11.5 Å². The monoisotopic (exact) mass is 487 g/mol. The predicted molar refractivity (Wildman–Crippen MR) is 134 cm³/mol. The maximum Gasteiger partial charge on any atom is 0.335 e. The summed E-state index contributed by atoms with van der Waals surface area (Å²) in [6, 6.07) is 28.2. The minimum atomic E-state index is -1.04. The number of anilines is 1. The summed E-state index contributed by atoms with van der Waals surface area (Å²) in [6.07, 6.45) is 0. The molecule has 0 aliphatic heterocycles. The van der Waals surface area contributed by atoms with Crippen LogP contribution < -0.4 is 14.8 Å². The number of benzene rings is 4. The molecule has 0 spiro atoms. The summed E-state index contributed by atoms with van der Waals surface area (Å²) in [4.78, 5) is 24.0. The van der Waals surface area contributed by atoms with E-state index in [1.807, 2.05) is 60.7 Å². The van der Waals surface area contributed by atoms with Crippen molar-refractivity contribution in [1.82, 2.24) is 0 Å². The van der Waals surface area contributed by atoms with Gasteiger partial charge in [-0.05, 0) is 47.5 Å². The molecule has 0 aliphatic rings. The van der Waals surface area contributed by atoms with Gasteiger partial charge in [-0.15, -0.1) is 0 Å². The molecule has 4 aromatic rings. The first-order chi connectivity index (χ1) is 17.0. The SMILES string of the molecule is O=C(O)c1ccc(NC(=O)c2cc(Cl)c(OCc3ccccc3)c(OCc3ccccc3)c2)cc1. The molecule has 0 atom stereocenters. The van der Waals surface area contributed by atoms with Gasteiger partial charge in [-0.25, -0.2) is 4.79 Å². The van der Waals surface area contributed by atoms with Crippen LogP contribution in [0.15, 0.2) is 97.1 Å². The van der Waals surface area contributed by atoms with Gasteiger partial charge in [-0.3, -0.25) is 4.79 Å². The van der Waals surface area contributed by atoms with Crippen LogP contribution in [0.3, 0.4) is 0 Å². The summed E-state index contributed by atoms with van der Waals surface area (Å²) in [5.74, 6) is -0.785. The summed E-state index contributed by atoms with van der Waals surface area (Å²) >= 11 is 6.53. The predicted octanol–water partition coefficient (Wildman–Crippen LogP) is 6.45. The van der Waals surface area contributed by atoms with Gasteiger partial charge in [0, 0.05) is 11.3 Å². The van der Waals surface area contributed by atoms with E-state index in [0.717, 1.165) is 11.1 Å². The van der Waals surface area contributed by atoms with E-state index in [2.05, 4.69) is 5.32 Å². The van der Waals surface area contributed by atoms with Crippen molar-refractivity contribution in [2.24, 2.45) is 0 Å². The van der Waals surface area contributed by atoms with Gasteiger partial charge < -0.3 is 19.9 Å². The smallest absolute Gasteiger partial charge is 0.335 e. The van der Waals surface area contributed by atoms with Crippen molar-refractivity contribution in [3.8, 4) is 11.5 Å². The van der Waals surface area contributed by atoms with Crippen molar-refractivity contribution in [3.63, 3.8) is 0 Å². The molecule has 0 saturated heterocycles. The number of nitrogens with one attached hydrogen (secondary N) is 1. The van der Waals surface area contributed by atoms with Crippen LogP contribution in [0.4, 0.5) is 5.69 Å². The zero-order chi connectivity index (χ0) is 24.6. The lowest BCUT2D eigenvalue weighted by molar-refractivity contribution is 0.0696. The van der Waals surface area contributed by atoms with E-state index >= 15 is 0 Å². The van der Waals surface area contributed by atoms with E-state index in [9.17, 15) is 9.59 Å². The standard InChI is InChI=1S/C28H22ClNO5/c29-24-15-22(27(31)30-23-13-11-21(12-14-23)28(32)33)16-25(34-17-19-7-3-1-4-8-19)26(24)35-18-20-9-5-2-6-10-20/h1-16H,17-18H2,(H,30,31)(H,32,33). The normalized spacial score (nSPS) is 10.4.